The lowest BCUT2D eigenvalue weighted by Gasteiger charge is -2.38. The van der Waals surface area contributed by atoms with Gasteiger partial charge in [-0.3, -0.25) is 4.79 Å². The number of carbonyl (C=O) groups is 1. The maximum atomic E-state index is 12.1. The minimum atomic E-state index is -0.0901. The van der Waals surface area contributed by atoms with Gasteiger partial charge in [0.2, 0.25) is 5.91 Å². The van der Waals surface area contributed by atoms with Gasteiger partial charge in [0.15, 0.2) is 5.58 Å². The van der Waals surface area contributed by atoms with Crippen molar-refractivity contribution in [3.63, 3.8) is 0 Å². The number of benzene rings is 1. The number of oxazole rings is 1. The summed E-state index contributed by atoms with van der Waals surface area (Å²) < 4.78 is 11.2. The molecule has 1 saturated carbocycles. The van der Waals surface area contributed by atoms with Crippen LogP contribution in [0.25, 0.3) is 11.1 Å². The van der Waals surface area contributed by atoms with Crippen molar-refractivity contribution in [2.75, 3.05) is 25.2 Å². The highest BCUT2D eigenvalue weighted by Crippen LogP contribution is 2.46. The van der Waals surface area contributed by atoms with Crippen molar-refractivity contribution in [1.29, 1.82) is 0 Å². The molecule has 6 heteroatoms. The number of fused-ring (bicyclic) bond motifs is 1. The minimum absolute atomic E-state index is 0.0466. The molecule has 1 amide bonds. The van der Waals surface area contributed by atoms with Crippen molar-refractivity contribution in [2.24, 2.45) is 0 Å². The normalized spacial score (nSPS) is 21.8. The predicted molar refractivity (Wildman–Crippen MR) is 100 cm³/mol. The van der Waals surface area contributed by atoms with Crippen LogP contribution in [0.15, 0.2) is 16.5 Å². The summed E-state index contributed by atoms with van der Waals surface area (Å²) in [6.07, 6.45) is 5.37. The van der Waals surface area contributed by atoms with Crippen LogP contribution >= 0.6 is 0 Å². The lowest BCUT2D eigenvalue weighted by atomic mass is 9.89. The van der Waals surface area contributed by atoms with Crippen LogP contribution in [0.3, 0.4) is 0 Å². The van der Waals surface area contributed by atoms with Gasteiger partial charge in [-0.2, -0.15) is 4.98 Å². The Morgan fingerprint density at radius 1 is 1.38 bits per heavy atom. The maximum absolute atomic E-state index is 12.1. The SMILES string of the molecule is COCC(=O)NC1CCN(c2nc3cc(C)cc(C)c3o2)C12CCCC2. The van der Waals surface area contributed by atoms with Gasteiger partial charge in [-0.15, -0.1) is 0 Å². The van der Waals surface area contributed by atoms with E-state index in [0.717, 1.165) is 42.5 Å². The number of carbonyl (C=O) groups excluding carboxylic acids is 1. The van der Waals surface area contributed by atoms with Gasteiger partial charge >= 0.3 is 0 Å². The van der Waals surface area contributed by atoms with Gasteiger partial charge in [0.1, 0.15) is 12.1 Å². The Labute approximate surface area is 153 Å². The average Bonchev–Trinajstić information content (AvgIpc) is 3.29. The van der Waals surface area contributed by atoms with Crippen LogP contribution in [0.1, 0.15) is 43.2 Å². The predicted octanol–water partition coefficient (Wildman–Crippen LogP) is 3.10. The molecule has 0 radical (unpaired) electrons. The summed E-state index contributed by atoms with van der Waals surface area (Å²) in [5.41, 5.74) is 4.00. The van der Waals surface area contributed by atoms with Gasteiger partial charge in [-0.25, -0.2) is 0 Å². The molecule has 140 valence electrons. The summed E-state index contributed by atoms with van der Waals surface area (Å²) in [5.74, 6) is -0.0466. The topological polar surface area (TPSA) is 67.6 Å². The summed E-state index contributed by atoms with van der Waals surface area (Å²) in [6, 6.07) is 5.01. The molecule has 1 spiro atoms. The van der Waals surface area contributed by atoms with Gasteiger partial charge in [0, 0.05) is 13.7 Å². The number of amides is 1. The highest BCUT2D eigenvalue weighted by Gasteiger charge is 2.52. The molecule has 1 aromatic carbocycles. The molecule has 2 heterocycles. The minimum Gasteiger partial charge on any atom is -0.423 e. The molecule has 4 rings (SSSR count). The van der Waals surface area contributed by atoms with Crippen molar-refractivity contribution in [3.05, 3.63) is 23.3 Å². The number of nitrogens with zero attached hydrogens (tertiary/aromatic N) is 2. The highest BCUT2D eigenvalue weighted by atomic mass is 16.5. The molecule has 26 heavy (non-hydrogen) atoms. The monoisotopic (exact) mass is 357 g/mol. The molecule has 1 aliphatic carbocycles. The Hall–Kier alpha value is -2.08. The molecule has 1 aliphatic heterocycles. The number of rotatable bonds is 4. The van der Waals surface area contributed by atoms with Crippen LogP contribution in [0.4, 0.5) is 6.01 Å². The molecular weight excluding hydrogens is 330 g/mol. The molecule has 1 aromatic heterocycles. The number of aryl methyl sites for hydroxylation is 2. The van der Waals surface area contributed by atoms with Crippen molar-refractivity contribution >= 4 is 23.0 Å². The van der Waals surface area contributed by atoms with E-state index in [1.165, 1.54) is 18.4 Å². The van der Waals surface area contributed by atoms with E-state index in [9.17, 15) is 4.79 Å². The summed E-state index contributed by atoms with van der Waals surface area (Å²) in [5, 5.41) is 3.19. The maximum Gasteiger partial charge on any atom is 0.298 e. The van der Waals surface area contributed by atoms with Gasteiger partial charge in [-0.1, -0.05) is 18.9 Å². The Balaban J connectivity index is 1.68. The third kappa shape index (κ3) is 2.76. The lowest BCUT2D eigenvalue weighted by Crippen LogP contribution is -2.55. The summed E-state index contributed by atoms with van der Waals surface area (Å²) >= 11 is 0. The molecular formula is C20H27N3O3. The van der Waals surface area contributed by atoms with E-state index in [1.807, 2.05) is 0 Å². The largest absolute Gasteiger partial charge is 0.423 e. The number of nitrogens with one attached hydrogen (secondary N) is 1. The van der Waals surface area contributed by atoms with E-state index >= 15 is 0 Å². The number of aromatic nitrogens is 1. The first-order chi connectivity index (χ1) is 12.5. The summed E-state index contributed by atoms with van der Waals surface area (Å²) in [6.45, 7) is 5.10. The van der Waals surface area contributed by atoms with E-state index in [1.54, 1.807) is 7.11 Å². The van der Waals surface area contributed by atoms with Crippen molar-refractivity contribution in [1.82, 2.24) is 10.3 Å². The van der Waals surface area contributed by atoms with E-state index < -0.39 is 0 Å². The van der Waals surface area contributed by atoms with E-state index in [0.29, 0.717) is 6.01 Å². The van der Waals surface area contributed by atoms with Crippen LogP contribution < -0.4 is 10.2 Å². The van der Waals surface area contributed by atoms with Crippen LogP contribution in [0.5, 0.6) is 0 Å². The van der Waals surface area contributed by atoms with Crippen molar-refractivity contribution in [3.8, 4) is 0 Å². The van der Waals surface area contributed by atoms with Crippen LogP contribution in [-0.2, 0) is 9.53 Å². The Morgan fingerprint density at radius 2 is 2.15 bits per heavy atom. The molecule has 1 unspecified atom stereocenters. The molecule has 1 saturated heterocycles. The van der Waals surface area contributed by atoms with E-state index in [2.05, 4.69) is 36.2 Å². The zero-order chi connectivity index (χ0) is 18.3. The van der Waals surface area contributed by atoms with Gasteiger partial charge < -0.3 is 19.4 Å². The zero-order valence-electron chi connectivity index (χ0n) is 15.8. The number of hydrogen-bond acceptors (Lipinski definition) is 5. The molecule has 6 nitrogen and oxygen atoms in total. The van der Waals surface area contributed by atoms with Crippen molar-refractivity contribution < 1.29 is 13.9 Å². The molecule has 0 bridgehead atoms. The fraction of sp³-hybridized carbons (Fsp3) is 0.600. The fourth-order valence-corrected chi connectivity index (χ4v) is 4.88. The molecule has 2 fully saturated rings. The highest BCUT2D eigenvalue weighted by molar-refractivity contribution is 5.80. The number of hydrogen-bond donors (Lipinski definition) is 1. The third-order valence-electron chi connectivity index (χ3n) is 5.95. The lowest BCUT2D eigenvalue weighted by molar-refractivity contribution is -0.125. The smallest absolute Gasteiger partial charge is 0.298 e. The summed E-state index contributed by atoms with van der Waals surface area (Å²) in [7, 11) is 1.55. The third-order valence-corrected chi connectivity index (χ3v) is 5.95. The molecule has 1 N–H and O–H groups in total. The molecule has 2 aliphatic rings. The van der Waals surface area contributed by atoms with Gasteiger partial charge in [0.25, 0.3) is 6.01 Å². The first kappa shape index (κ1) is 17.3. The fourth-order valence-electron chi connectivity index (χ4n) is 4.88. The van der Waals surface area contributed by atoms with Gasteiger partial charge in [0.05, 0.1) is 11.6 Å². The van der Waals surface area contributed by atoms with E-state index in [-0.39, 0.29) is 24.1 Å². The Bertz CT molecular complexity index is 823. The van der Waals surface area contributed by atoms with Gasteiger partial charge in [-0.05, 0) is 50.3 Å². The van der Waals surface area contributed by atoms with Crippen LogP contribution in [0.2, 0.25) is 0 Å². The number of ether oxygens (including phenoxy) is 1. The second kappa shape index (κ2) is 6.58. The van der Waals surface area contributed by atoms with Crippen LogP contribution in [0, 0.1) is 13.8 Å². The summed E-state index contributed by atoms with van der Waals surface area (Å²) in [4.78, 5) is 19.2. The molecule has 1 atom stereocenters. The first-order valence-electron chi connectivity index (χ1n) is 9.47. The van der Waals surface area contributed by atoms with Crippen molar-refractivity contribution in [2.45, 2.75) is 57.5 Å². The number of methoxy groups -OCH3 is 1. The second-order valence-corrected chi connectivity index (χ2v) is 7.73. The molecule has 2 aromatic rings. The van der Waals surface area contributed by atoms with Crippen LogP contribution in [-0.4, -0.2) is 42.7 Å². The average molecular weight is 357 g/mol. The van der Waals surface area contributed by atoms with E-state index in [4.69, 9.17) is 14.1 Å². The Morgan fingerprint density at radius 3 is 2.88 bits per heavy atom. The second-order valence-electron chi connectivity index (χ2n) is 7.73. The number of anilines is 1. The quantitative estimate of drug-likeness (QED) is 0.911. The standard InChI is InChI=1S/C20H27N3O3/c1-13-10-14(2)18-15(11-13)21-19(26-18)23-9-6-16(22-17(24)12-25-3)20(23)7-4-5-8-20/h10-11,16H,4-9,12H2,1-3H3,(H,22,24). The zero-order valence-corrected chi connectivity index (χ0v) is 15.8. The first-order valence-corrected chi connectivity index (χ1v) is 9.47. The Kier molecular flexibility index (Phi) is 4.39.